The number of nitrogens with zero attached hydrogens (tertiary/aromatic N) is 5. The van der Waals surface area contributed by atoms with Crippen LogP contribution in [0.15, 0.2) is 41.4 Å². The highest BCUT2D eigenvalue weighted by atomic mass is 32.1. The van der Waals surface area contributed by atoms with Gasteiger partial charge < -0.3 is 5.32 Å². The lowest BCUT2D eigenvalue weighted by Crippen LogP contribution is -2.16. The molecule has 0 saturated heterocycles. The quantitative estimate of drug-likeness (QED) is 0.513. The summed E-state index contributed by atoms with van der Waals surface area (Å²) in [6.45, 7) is 8.05. The van der Waals surface area contributed by atoms with E-state index in [1.165, 1.54) is 11.3 Å². The molecule has 7 nitrogen and oxygen atoms in total. The van der Waals surface area contributed by atoms with Gasteiger partial charge in [-0.2, -0.15) is 21.1 Å². The van der Waals surface area contributed by atoms with Crippen molar-refractivity contribution >= 4 is 34.4 Å². The zero-order valence-corrected chi connectivity index (χ0v) is 18.1. The van der Waals surface area contributed by atoms with E-state index in [0.717, 1.165) is 16.3 Å². The van der Waals surface area contributed by atoms with Crippen LogP contribution in [-0.4, -0.2) is 30.6 Å². The molecule has 0 radical (unpaired) electrons. The summed E-state index contributed by atoms with van der Waals surface area (Å²) in [6.07, 6.45) is 3.29. The van der Waals surface area contributed by atoms with Gasteiger partial charge >= 0.3 is 0 Å². The smallest absolute Gasteiger partial charge is 0.268 e. The van der Waals surface area contributed by atoms with E-state index in [1.807, 2.05) is 29.8 Å². The van der Waals surface area contributed by atoms with E-state index < -0.39 is 0 Å². The van der Waals surface area contributed by atoms with Gasteiger partial charge in [-0.25, -0.2) is 15.0 Å². The second-order valence-corrected chi connectivity index (χ2v) is 9.30. The Morgan fingerprint density at radius 3 is 2.62 bits per heavy atom. The standard InChI is InChI=1S/C20H20N6OS2/c1-12-16(29-18(23-12)13-6-9-28-11-13)17(27)24-15-10-14(20(2,3)4)25-26(15)19-21-7-5-8-22-19/h5-11H,1-4H3,(H,24,27). The number of aryl methyl sites for hydroxylation is 1. The molecule has 9 heteroatoms. The fraction of sp³-hybridized carbons (Fsp3) is 0.250. The highest BCUT2D eigenvalue weighted by Crippen LogP contribution is 2.31. The second kappa shape index (κ2) is 7.49. The maximum atomic E-state index is 13.0. The molecule has 0 aromatic carbocycles. The van der Waals surface area contributed by atoms with Crippen molar-refractivity contribution in [3.8, 4) is 16.5 Å². The number of thiophene rings is 1. The molecule has 4 rings (SSSR count). The molecule has 0 fully saturated rings. The Morgan fingerprint density at radius 1 is 1.21 bits per heavy atom. The predicted octanol–water partition coefficient (Wildman–Crippen LogP) is 4.71. The molecule has 0 unspecified atom stereocenters. The number of aromatic nitrogens is 5. The number of rotatable bonds is 4. The van der Waals surface area contributed by atoms with Crippen LogP contribution in [0, 0.1) is 6.92 Å². The first-order valence-corrected chi connectivity index (χ1v) is 10.8. The van der Waals surface area contributed by atoms with Gasteiger partial charge in [-0.15, -0.1) is 11.3 Å². The van der Waals surface area contributed by atoms with Gasteiger partial charge in [0.1, 0.15) is 15.7 Å². The van der Waals surface area contributed by atoms with Crippen molar-refractivity contribution in [1.82, 2.24) is 24.7 Å². The molecule has 4 aromatic rings. The molecule has 4 aromatic heterocycles. The maximum absolute atomic E-state index is 13.0. The van der Waals surface area contributed by atoms with Gasteiger partial charge in [-0.1, -0.05) is 20.8 Å². The van der Waals surface area contributed by atoms with Gasteiger partial charge in [-0.3, -0.25) is 4.79 Å². The van der Waals surface area contributed by atoms with E-state index in [0.29, 0.717) is 22.3 Å². The van der Waals surface area contributed by atoms with Gasteiger partial charge in [0.05, 0.1) is 11.4 Å². The molecule has 0 saturated carbocycles. The third-order valence-electron chi connectivity index (χ3n) is 4.23. The highest BCUT2D eigenvalue weighted by molar-refractivity contribution is 7.17. The summed E-state index contributed by atoms with van der Waals surface area (Å²) in [7, 11) is 0. The Morgan fingerprint density at radius 2 is 1.97 bits per heavy atom. The third-order valence-corrected chi connectivity index (χ3v) is 6.12. The molecule has 1 amide bonds. The Kier molecular flexibility index (Phi) is 5.01. The fourth-order valence-corrected chi connectivity index (χ4v) is 4.35. The molecule has 29 heavy (non-hydrogen) atoms. The Balaban J connectivity index is 1.69. The minimum Gasteiger partial charge on any atom is -0.306 e. The monoisotopic (exact) mass is 424 g/mol. The molecular formula is C20H20N6OS2. The summed E-state index contributed by atoms with van der Waals surface area (Å²) in [5, 5.41) is 12.5. The van der Waals surface area contributed by atoms with Gasteiger partial charge in [-0.05, 0) is 24.4 Å². The lowest BCUT2D eigenvalue weighted by Gasteiger charge is -2.13. The van der Waals surface area contributed by atoms with E-state index in [9.17, 15) is 4.79 Å². The number of hydrogen-bond acceptors (Lipinski definition) is 7. The number of carbonyl (C=O) groups is 1. The van der Waals surface area contributed by atoms with Gasteiger partial charge in [0.25, 0.3) is 11.9 Å². The van der Waals surface area contributed by atoms with Crippen LogP contribution in [-0.2, 0) is 5.41 Å². The van der Waals surface area contributed by atoms with Crippen LogP contribution >= 0.6 is 22.7 Å². The minimum absolute atomic E-state index is 0.188. The fourth-order valence-electron chi connectivity index (χ4n) is 2.68. The van der Waals surface area contributed by atoms with E-state index in [1.54, 1.807) is 34.5 Å². The van der Waals surface area contributed by atoms with Crippen molar-refractivity contribution in [3.63, 3.8) is 0 Å². The predicted molar refractivity (Wildman–Crippen MR) is 116 cm³/mol. The minimum atomic E-state index is -0.223. The van der Waals surface area contributed by atoms with Gasteiger partial charge in [0.15, 0.2) is 0 Å². The zero-order chi connectivity index (χ0) is 20.6. The Labute approximate surface area is 176 Å². The Hall–Kier alpha value is -2.91. The molecule has 0 atom stereocenters. The van der Waals surface area contributed by atoms with Crippen LogP contribution in [0.1, 0.15) is 41.8 Å². The molecule has 0 bridgehead atoms. The lowest BCUT2D eigenvalue weighted by atomic mass is 9.92. The summed E-state index contributed by atoms with van der Waals surface area (Å²) < 4.78 is 1.56. The van der Waals surface area contributed by atoms with E-state index in [4.69, 9.17) is 0 Å². The van der Waals surface area contributed by atoms with Crippen LogP contribution in [0.3, 0.4) is 0 Å². The topological polar surface area (TPSA) is 85.6 Å². The average molecular weight is 425 g/mol. The SMILES string of the molecule is Cc1nc(-c2ccsc2)sc1C(=O)Nc1cc(C(C)(C)C)nn1-c1ncccn1. The van der Waals surface area contributed by atoms with Crippen molar-refractivity contribution in [2.24, 2.45) is 0 Å². The number of nitrogens with one attached hydrogen (secondary N) is 1. The van der Waals surface area contributed by atoms with Crippen molar-refractivity contribution in [1.29, 1.82) is 0 Å². The van der Waals surface area contributed by atoms with E-state index in [-0.39, 0.29) is 11.3 Å². The van der Waals surface area contributed by atoms with Crippen LogP contribution in [0.5, 0.6) is 0 Å². The molecule has 0 aliphatic rings. The summed E-state index contributed by atoms with van der Waals surface area (Å²) in [4.78, 5) is 26.7. The number of carbonyl (C=O) groups excluding carboxylic acids is 1. The number of anilines is 1. The summed E-state index contributed by atoms with van der Waals surface area (Å²) in [5.41, 5.74) is 2.37. The summed E-state index contributed by atoms with van der Waals surface area (Å²) in [5.74, 6) is 0.702. The van der Waals surface area contributed by atoms with E-state index in [2.05, 4.69) is 46.1 Å². The number of hydrogen-bond donors (Lipinski definition) is 1. The molecule has 0 aliphatic heterocycles. The molecule has 1 N–H and O–H groups in total. The van der Waals surface area contributed by atoms with Gasteiger partial charge in [0.2, 0.25) is 0 Å². The average Bonchev–Trinajstić information content (AvgIpc) is 3.41. The first-order chi connectivity index (χ1) is 13.8. The van der Waals surface area contributed by atoms with Crippen LogP contribution < -0.4 is 5.32 Å². The molecule has 4 heterocycles. The highest BCUT2D eigenvalue weighted by Gasteiger charge is 2.24. The van der Waals surface area contributed by atoms with Crippen molar-refractivity contribution in [2.45, 2.75) is 33.1 Å². The van der Waals surface area contributed by atoms with Gasteiger partial charge in [0, 0.05) is 34.8 Å². The molecular weight excluding hydrogens is 404 g/mol. The Bertz CT molecular complexity index is 1140. The molecule has 0 spiro atoms. The van der Waals surface area contributed by atoms with Crippen LogP contribution in [0.2, 0.25) is 0 Å². The molecule has 148 valence electrons. The van der Waals surface area contributed by atoms with Crippen molar-refractivity contribution < 1.29 is 4.79 Å². The first kappa shape index (κ1) is 19.4. The maximum Gasteiger partial charge on any atom is 0.268 e. The van der Waals surface area contributed by atoms with Crippen molar-refractivity contribution in [3.05, 3.63) is 57.6 Å². The van der Waals surface area contributed by atoms with Crippen LogP contribution in [0.4, 0.5) is 5.82 Å². The van der Waals surface area contributed by atoms with Crippen molar-refractivity contribution in [2.75, 3.05) is 5.32 Å². The first-order valence-electron chi connectivity index (χ1n) is 9.02. The third kappa shape index (κ3) is 3.96. The number of amides is 1. The summed E-state index contributed by atoms with van der Waals surface area (Å²) >= 11 is 2.99. The normalized spacial score (nSPS) is 11.6. The van der Waals surface area contributed by atoms with E-state index >= 15 is 0 Å². The summed E-state index contributed by atoms with van der Waals surface area (Å²) in [6, 6.07) is 5.61. The number of thiazole rings is 1. The van der Waals surface area contributed by atoms with Crippen LogP contribution in [0.25, 0.3) is 16.5 Å². The second-order valence-electron chi connectivity index (χ2n) is 7.53. The molecule has 0 aliphatic carbocycles. The largest absolute Gasteiger partial charge is 0.306 e. The zero-order valence-electron chi connectivity index (χ0n) is 16.5. The lowest BCUT2D eigenvalue weighted by molar-refractivity contribution is 0.102.